The molecule has 2 N–H and O–H groups in total. The molecule has 0 aromatic heterocycles. The summed E-state index contributed by atoms with van der Waals surface area (Å²) in [4.78, 5) is 22.7. The van der Waals surface area contributed by atoms with Crippen molar-refractivity contribution in [1.29, 1.82) is 0 Å². The molecule has 0 bridgehead atoms. The molecule has 0 rings (SSSR count). The summed E-state index contributed by atoms with van der Waals surface area (Å²) in [5, 5.41) is 4.47. The highest BCUT2D eigenvalue weighted by Gasteiger charge is 2.14. The highest BCUT2D eigenvalue weighted by atomic mass is 32.2. The Morgan fingerprint density at radius 3 is 1.48 bits per heavy atom. The van der Waals surface area contributed by atoms with Gasteiger partial charge >= 0.3 is 20.2 Å². The lowest BCUT2D eigenvalue weighted by molar-refractivity contribution is -0.122. The van der Waals surface area contributed by atoms with Crippen LogP contribution >= 0.6 is 0 Å². The van der Waals surface area contributed by atoms with Crippen molar-refractivity contribution in [3.63, 3.8) is 0 Å². The van der Waals surface area contributed by atoms with Gasteiger partial charge in [0.15, 0.2) is 0 Å². The Bertz CT molecular complexity index is 583. The minimum atomic E-state index is -3.85. The standard InChI is InChI=1S/C11H18N2O8S2/c1-3-20-22(16,17)7-5-10(14)12-9-13-11(15)6-8-23(18,19)21-4-2/h3-4H,1-2,5-9H2,(H,12,14)(H,13,15). The molecule has 0 fully saturated rings. The van der Waals surface area contributed by atoms with Crippen molar-refractivity contribution in [3.8, 4) is 0 Å². The third-order valence-electron chi connectivity index (χ3n) is 2.16. The zero-order chi connectivity index (χ0) is 17.9. The van der Waals surface area contributed by atoms with Crippen molar-refractivity contribution >= 4 is 32.1 Å². The lowest BCUT2D eigenvalue weighted by Gasteiger charge is -2.07. The summed E-state index contributed by atoms with van der Waals surface area (Å²) in [6.07, 6.45) is 0.733. The van der Waals surface area contributed by atoms with E-state index in [9.17, 15) is 26.4 Å². The van der Waals surface area contributed by atoms with Crippen LogP contribution in [0.25, 0.3) is 0 Å². The van der Waals surface area contributed by atoms with E-state index in [0.717, 1.165) is 12.5 Å². The van der Waals surface area contributed by atoms with Gasteiger partial charge in [0.05, 0.1) is 30.7 Å². The zero-order valence-electron chi connectivity index (χ0n) is 12.2. The predicted molar refractivity (Wildman–Crippen MR) is 80.5 cm³/mol. The normalized spacial score (nSPS) is 11.1. The van der Waals surface area contributed by atoms with E-state index >= 15 is 0 Å². The lowest BCUT2D eigenvalue weighted by atomic mass is 10.4. The molecule has 0 radical (unpaired) electrons. The van der Waals surface area contributed by atoms with Gasteiger partial charge in [0.25, 0.3) is 0 Å². The molecule has 12 heteroatoms. The van der Waals surface area contributed by atoms with Crippen LogP contribution in [-0.4, -0.2) is 46.8 Å². The van der Waals surface area contributed by atoms with Gasteiger partial charge in [0.1, 0.15) is 0 Å². The van der Waals surface area contributed by atoms with Gasteiger partial charge in [-0.2, -0.15) is 16.8 Å². The number of rotatable bonds is 12. The Kier molecular flexibility index (Phi) is 8.95. The minimum Gasteiger partial charge on any atom is -0.391 e. The topological polar surface area (TPSA) is 145 Å². The number of carbonyl (C=O) groups is 2. The molecular formula is C11H18N2O8S2. The zero-order valence-corrected chi connectivity index (χ0v) is 13.8. The molecule has 0 heterocycles. The van der Waals surface area contributed by atoms with Crippen molar-refractivity contribution in [2.45, 2.75) is 12.8 Å². The highest BCUT2D eigenvalue weighted by Crippen LogP contribution is 1.97. The average Bonchev–Trinajstić information content (AvgIpc) is 2.43. The fourth-order valence-corrected chi connectivity index (χ4v) is 2.64. The van der Waals surface area contributed by atoms with E-state index in [4.69, 9.17) is 0 Å². The van der Waals surface area contributed by atoms with E-state index in [1.54, 1.807) is 0 Å². The van der Waals surface area contributed by atoms with Gasteiger partial charge in [-0.05, 0) is 0 Å². The average molecular weight is 370 g/mol. The van der Waals surface area contributed by atoms with Crippen LogP contribution in [0.2, 0.25) is 0 Å². The second-order valence-electron chi connectivity index (χ2n) is 3.93. The quantitative estimate of drug-likeness (QED) is 0.251. The summed E-state index contributed by atoms with van der Waals surface area (Å²) < 4.78 is 53.0. The maximum absolute atomic E-state index is 11.3. The van der Waals surface area contributed by atoms with Gasteiger partial charge in [0.2, 0.25) is 11.8 Å². The molecule has 0 unspecified atom stereocenters. The summed E-state index contributed by atoms with van der Waals surface area (Å²) in [6.45, 7) is 5.89. The van der Waals surface area contributed by atoms with Gasteiger partial charge in [-0.25, -0.2) is 0 Å². The summed E-state index contributed by atoms with van der Waals surface area (Å²) in [5.74, 6) is -2.36. The van der Waals surface area contributed by atoms with E-state index in [1.807, 2.05) is 0 Å². The largest absolute Gasteiger partial charge is 0.391 e. The van der Waals surface area contributed by atoms with Crippen LogP contribution in [0.1, 0.15) is 12.8 Å². The van der Waals surface area contributed by atoms with Crippen LogP contribution in [0.5, 0.6) is 0 Å². The molecule has 0 aliphatic carbocycles. The van der Waals surface area contributed by atoms with E-state index < -0.39 is 43.6 Å². The van der Waals surface area contributed by atoms with Crippen molar-refractivity contribution in [3.05, 3.63) is 25.7 Å². The third-order valence-corrected chi connectivity index (χ3v) is 4.43. The predicted octanol–water partition coefficient (Wildman–Crippen LogP) is -1.06. The SMILES string of the molecule is C=COS(=O)(=O)CCC(=O)NCNC(=O)CCS(=O)(=O)OC=C. The van der Waals surface area contributed by atoms with Crippen LogP contribution in [0.15, 0.2) is 25.7 Å². The first kappa shape index (κ1) is 20.9. The van der Waals surface area contributed by atoms with Gasteiger partial charge < -0.3 is 19.0 Å². The van der Waals surface area contributed by atoms with Gasteiger partial charge in [-0.15, -0.1) is 0 Å². The van der Waals surface area contributed by atoms with Crippen LogP contribution in [0, 0.1) is 0 Å². The molecule has 23 heavy (non-hydrogen) atoms. The monoisotopic (exact) mass is 370 g/mol. The van der Waals surface area contributed by atoms with Gasteiger partial charge in [-0.1, -0.05) is 13.2 Å². The molecular weight excluding hydrogens is 352 g/mol. The Balaban J connectivity index is 3.98. The Morgan fingerprint density at radius 2 is 1.17 bits per heavy atom. The van der Waals surface area contributed by atoms with E-state index in [2.05, 4.69) is 32.2 Å². The van der Waals surface area contributed by atoms with Gasteiger partial charge in [-0.3, -0.25) is 9.59 Å². The first-order valence-electron chi connectivity index (χ1n) is 6.19. The van der Waals surface area contributed by atoms with Crippen LogP contribution in [-0.2, 0) is 38.2 Å². The molecule has 0 aliphatic heterocycles. The highest BCUT2D eigenvalue weighted by molar-refractivity contribution is 7.87. The minimum absolute atomic E-state index is 0.275. The summed E-state index contributed by atoms with van der Waals surface area (Å²) in [5.41, 5.74) is 0. The van der Waals surface area contributed by atoms with E-state index in [1.165, 1.54) is 0 Å². The second kappa shape index (κ2) is 9.84. The maximum atomic E-state index is 11.3. The smallest absolute Gasteiger partial charge is 0.309 e. The Hall–Kier alpha value is -2.08. The van der Waals surface area contributed by atoms with Gasteiger partial charge in [0, 0.05) is 12.8 Å². The summed E-state index contributed by atoms with van der Waals surface area (Å²) >= 11 is 0. The molecule has 10 nitrogen and oxygen atoms in total. The number of amides is 2. The molecule has 2 amide bonds. The first-order valence-corrected chi connectivity index (χ1v) is 9.34. The molecule has 0 spiro atoms. The second-order valence-corrected chi connectivity index (χ2v) is 7.36. The Labute approximate surface area is 134 Å². The fraction of sp³-hybridized carbons (Fsp3) is 0.455. The molecule has 0 aromatic rings. The van der Waals surface area contributed by atoms with Crippen molar-refractivity contribution in [1.82, 2.24) is 10.6 Å². The first-order chi connectivity index (χ1) is 10.6. The van der Waals surface area contributed by atoms with Crippen LogP contribution in [0.4, 0.5) is 0 Å². The van der Waals surface area contributed by atoms with Crippen molar-refractivity contribution in [2.24, 2.45) is 0 Å². The molecule has 132 valence electrons. The fourth-order valence-electron chi connectivity index (χ4n) is 1.16. The summed E-state index contributed by atoms with van der Waals surface area (Å²) in [7, 11) is -7.71. The van der Waals surface area contributed by atoms with Crippen LogP contribution < -0.4 is 10.6 Å². The van der Waals surface area contributed by atoms with E-state index in [0.29, 0.717) is 0 Å². The lowest BCUT2D eigenvalue weighted by Crippen LogP contribution is -2.38. The molecule has 0 saturated heterocycles. The molecule has 0 aromatic carbocycles. The van der Waals surface area contributed by atoms with E-state index in [-0.39, 0.29) is 19.5 Å². The maximum Gasteiger partial charge on any atom is 0.309 e. The molecule has 0 aliphatic rings. The number of hydrogen-bond acceptors (Lipinski definition) is 8. The number of nitrogens with one attached hydrogen (secondary N) is 2. The van der Waals surface area contributed by atoms with Crippen molar-refractivity contribution < 1.29 is 34.8 Å². The third kappa shape index (κ3) is 11.2. The molecule has 0 saturated carbocycles. The van der Waals surface area contributed by atoms with Crippen molar-refractivity contribution in [2.75, 3.05) is 18.2 Å². The van der Waals surface area contributed by atoms with Crippen LogP contribution in [0.3, 0.4) is 0 Å². The Morgan fingerprint density at radius 1 is 0.826 bits per heavy atom. The summed E-state index contributed by atoms with van der Waals surface area (Å²) in [6, 6.07) is 0. The number of carbonyl (C=O) groups excluding carboxylic acids is 2. The number of hydrogen-bond donors (Lipinski definition) is 2. The molecule has 0 atom stereocenters.